The van der Waals surface area contributed by atoms with Gasteiger partial charge in [0.25, 0.3) is 0 Å². The average molecular weight is 222 g/mol. The van der Waals surface area contributed by atoms with Gasteiger partial charge in [-0.05, 0) is 15.9 Å². The van der Waals surface area contributed by atoms with Crippen molar-refractivity contribution in [2.75, 3.05) is 7.11 Å². The lowest BCUT2D eigenvalue weighted by Crippen LogP contribution is -1.85. The number of ether oxygens (including phenoxy) is 1. The van der Waals surface area contributed by atoms with Crippen LogP contribution in [0.2, 0.25) is 5.02 Å². The summed E-state index contributed by atoms with van der Waals surface area (Å²) >= 11 is 8.95. The van der Waals surface area contributed by atoms with E-state index in [2.05, 4.69) is 20.9 Å². The summed E-state index contributed by atoms with van der Waals surface area (Å²) in [6.45, 7) is 0. The predicted molar refractivity (Wildman–Crippen MR) is 43.5 cm³/mol. The van der Waals surface area contributed by atoms with Gasteiger partial charge in [0, 0.05) is 6.20 Å². The Hall–Kier alpha value is -0.280. The van der Waals surface area contributed by atoms with Crippen molar-refractivity contribution in [3.05, 3.63) is 21.9 Å². The highest BCUT2D eigenvalue weighted by Crippen LogP contribution is 2.29. The Morgan fingerprint density at radius 3 is 2.80 bits per heavy atom. The number of pyridine rings is 1. The van der Waals surface area contributed by atoms with Crippen LogP contribution in [0.3, 0.4) is 0 Å². The maximum atomic E-state index is 5.70. The van der Waals surface area contributed by atoms with Crippen molar-refractivity contribution >= 4 is 27.5 Å². The van der Waals surface area contributed by atoms with Gasteiger partial charge >= 0.3 is 0 Å². The standard InChI is InChI=1S/C6H5BrClNO/c1-10-5-3-9-2-4(8)6(5)7/h2-3H,1H3. The Bertz CT molecular complexity index is 241. The van der Waals surface area contributed by atoms with Crippen LogP contribution in [0.5, 0.6) is 5.75 Å². The second-order valence-corrected chi connectivity index (χ2v) is 2.84. The third-order valence-corrected chi connectivity index (χ3v) is 2.36. The highest BCUT2D eigenvalue weighted by molar-refractivity contribution is 9.10. The zero-order valence-electron chi connectivity index (χ0n) is 5.27. The lowest BCUT2D eigenvalue weighted by Gasteiger charge is -2.01. The van der Waals surface area contributed by atoms with Crippen LogP contribution in [-0.2, 0) is 0 Å². The van der Waals surface area contributed by atoms with Gasteiger partial charge in [0.2, 0.25) is 0 Å². The molecule has 4 heteroatoms. The normalized spacial score (nSPS) is 9.50. The third kappa shape index (κ3) is 1.41. The second kappa shape index (κ2) is 3.21. The highest BCUT2D eigenvalue weighted by Gasteiger charge is 2.02. The van der Waals surface area contributed by atoms with Gasteiger partial charge < -0.3 is 4.74 Å². The van der Waals surface area contributed by atoms with Crippen molar-refractivity contribution in [2.24, 2.45) is 0 Å². The van der Waals surface area contributed by atoms with Crippen LogP contribution in [0.4, 0.5) is 0 Å². The summed E-state index contributed by atoms with van der Waals surface area (Å²) in [7, 11) is 1.57. The molecule has 0 aliphatic rings. The smallest absolute Gasteiger partial charge is 0.152 e. The Kier molecular flexibility index (Phi) is 2.51. The highest BCUT2D eigenvalue weighted by atomic mass is 79.9. The van der Waals surface area contributed by atoms with E-state index in [0.29, 0.717) is 10.8 Å². The van der Waals surface area contributed by atoms with E-state index in [0.717, 1.165) is 4.47 Å². The third-order valence-electron chi connectivity index (χ3n) is 1.03. The molecule has 1 aromatic heterocycles. The lowest BCUT2D eigenvalue weighted by atomic mass is 10.5. The van der Waals surface area contributed by atoms with Crippen LogP contribution in [0.1, 0.15) is 0 Å². The molecule has 1 aromatic rings. The average Bonchev–Trinajstić information content (AvgIpc) is 1.95. The van der Waals surface area contributed by atoms with E-state index < -0.39 is 0 Å². The summed E-state index contributed by atoms with van der Waals surface area (Å²) in [5.41, 5.74) is 0. The fourth-order valence-electron chi connectivity index (χ4n) is 0.544. The second-order valence-electron chi connectivity index (χ2n) is 1.64. The van der Waals surface area contributed by atoms with Crippen LogP contribution >= 0.6 is 27.5 Å². The first-order valence-electron chi connectivity index (χ1n) is 2.58. The Labute approximate surface area is 72.3 Å². The van der Waals surface area contributed by atoms with Gasteiger partial charge in [-0.25, -0.2) is 0 Å². The summed E-state index contributed by atoms with van der Waals surface area (Å²) in [5.74, 6) is 0.646. The molecule has 10 heavy (non-hydrogen) atoms. The minimum Gasteiger partial charge on any atom is -0.494 e. The zero-order valence-corrected chi connectivity index (χ0v) is 7.61. The maximum absolute atomic E-state index is 5.70. The van der Waals surface area contributed by atoms with Crippen molar-refractivity contribution < 1.29 is 4.74 Å². The molecular weight excluding hydrogens is 217 g/mol. The lowest BCUT2D eigenvalue weighted by molar-refractivity contribution is 0.410. The van der Waals surface area contributed by atoms with Gasteiger partial charge in [-0.15, -0.1) is 0 Å². The monoisotopic (exact) mass is 221 g/mol. The number of halogens is 2. The summed E-state index contributed by atoms with van der Waals surface area (Å²) in [6, 6.07) is 0. The van der Waals surface area contributed by atoms with Gasteiger partial charge in [-0.1, -0.05) is 11.6 Å². The van der Waals surface area contributed by atoms with Crippen molar-refractivity contribution in [1.29, 1.82) is 0 Å². The molecule has 0 aliphatic heterocycles. The molecule has 0 N–H and O–H groups in total. The molecule has 0 saturated carbocycles. The van der Waals surface area contributed by atoms with Crippen molar-refractivity contribution in [3.63, 3.8) is 0 Å². The van der Waals surface area contributed by atoms with Gasteiger partial charge in [-0.2, -0.15) is 0 Å². The van der Waals surface area contributed by atoms with Crippen LogP contribution in [-0.4, -0.2) is 12.1 Å². The number of aromatic nitrogens is 1. The predicted octanol–water partition coefficient (Wildman–Crippen LogP) is 2.51. The van der Waals surface area contributed by atoms with E-state index >= 15 is 0 Å². The Morgan fingerprint density at radius 2 is 2.30 bits per heavy atom. The van der Waals surface area contributed by atoms with E-state index in [4.69, 9.17) is 16.3 Å². The van der Waals surface area contributed by atoms with E-state index in [1.54, 1.807) is 19.5 Å². The molecule has 0 fully saturated rings. The molecule has 1 heterocycles. The molecule has 2 nitrogen and oxygen atoms in total. The van der Waals surface area contributed by atoms with Gasteiger partial charge in [0.1, 0.15) is 0 Å². The number of hydrogen-bond donors (Lipinski definition) is 0. The van der Waals surface area contributed by atoms with E-state index in [9.17, 15) is 0 Å². The molecule has 0 saturated heterocycles. The summed E-state index contributed by atoms with van der Waals surface area (Å²) in [5, 5.41) is 0.555. The number of nitrogens with zero attached hydrogens (tertiary/aromatic N) is 1. The zero-order chi connectivity index (χ0) is 7.56. The topological polar surface area (TPSA) is 22.1 Å². The molecule has 0 bridgehead atoms. The molecule has 1 rings (SSSR count). The van der Waals surface area contributed by atoms with Gasteiger partial charge in [-0.3, -0.25) is 4.98 Å². The first kappa shape index (κ1) is 7.82. The first-order valence-corrected chi connectivity index (χ1v) is 3.76. The number of hydrogen-bond acceptors (Lipinski definition) is 2. The van der Waals surface area contributed by atoms with Crippen molar-refractivity contribution in [1.82, 2.24) is 4.98 Å². The van der Waals surface area contributed by atoms with Gasteiger partial charge in [0.15, 0.2) is 5.75 Å². The summed E-state index contributed by atoms with van der Waals surface area (Å²) in [6.07, 6.45) is 3.14. The SMILES string of the molecule is COc1cncc(Cl)c1Br. The minimum absolute atomic E-state index is 0.555. The quantitative estimate of drug-likeness (QED) is 0.728. The van der Waals surface area contributed by atoms with E-state index in [1.807, 2.05) is 0 Å². The molecule has 0 amide bonds. The fourth-order valence-corrected chi connectivity index (χ4v) is 1.06. The molecule has 0 spiro atoms. The number of methoxy groups -OCH3 is 1. The number of rotatable bonds is 1. The van der Waals surface area contributed by atoms with Crippen molar-refractivity contribution in [3.8, 4) is 5.75 Å². The first-order chi connectivity index (χ1) is 4.75. The molecule has 0 unspecified atom stereocenters. The Balaban J connectivity index is 3.14. The molecule has 54 valence electrons. The van der Waals surface area contributed by atoms with E-state index in [-0.39, 0.29) is 0 Å². The fraction of sp³-hybridized carbons (Fsp3) is 0.167. The largest absolute Gasteiger partial charge is 0.494 e. The molecule has 0 aliphatic carbocycles. The van der Waals surface area contributed by atoms with Crippen LogP contribution in [0.25, 0.3) is 0 Å². The van der Waals surface area contributed by atoms with Crippen LogP contribution < -0.4 is 4.74 Å². The molecule has 0 atom stereocenters. The van der Waals surface area contributed by atoms with Gasteiger partial charge in [0.05, 0.1) is 22.8 Å². The molecular formula is C6H5BrClNO. The van der Waals surface area contributed by atoms with Crippen molar-refractivity contribution in [2.45, 2.75) is 0 Å². The van der Waals surface area contributed by atoms with Crippen LogP contribution in [0, 0.1) is 0 Å². The summed E-state index contributed by atoms with van der Waals surface area (Å²) < 4.78 is 5.67. The molecule has 0 radical (unpaired) electrons. The summed E-state index contributed by atoms with van der Waals surface area (Å²) in [4.78, 5) is 3.83. The minimum atomic E-state index is 0.555. The van der Waals surface area contributed by atoms with Crippen LogP contribution in [0.15, 0.2) is 16.9 Å². The Morgan fingerprint density at radius 1 is 1.60 bits per heavy atom. The maximum Gasteiger partial charge on any atom is 0.152 e. The molecule has 0 aromatic carbocycles. The van der Waals surface area contributed by atoms with E-state index in [1.165, 1.54) is 0 Å².